The number of pyridine rings is 1. The molecule has 5 rings (SSSR count). The zero-order valence-electron chi connectivity index (χ0n) is 16.9. The van der Waals surface area contributed by atoms with Crippen molar-refractivity contribution in [3.63, 3.8) is 0 Å². The fourth-order valence-corrected chi connectivity index (χ4v) is 3.50. The van der Waals surface area contributed by atoms with Gasteiger partial charge in [-0.05, 0) is 50.0 Å². The Bertz CT molecular complexity index is 1400. The third kappa shape index (κ3) is 3.60. The molecule has 0 bridgehead atoms. The average Bonchev–Trinajstić information content (AvgIpc) is 3.54. The second-order valence-corrected chi connectivity index (χ2v) is 7.52. The summed E-state index contributed by atoms with van der Waals surface area (Å²) in [7, 11) is 0. The van der Waals surface area contributed by atoms with Crippen molar-refractivity contribution in [3.05, 3.63) is 53.6 Å². The minimum absolute atomic E-state index is 0.0816. The highest BCUT2D eigenvalue weighted by Crippen LogP contribution is 2.35. The highest BCUT2D eigenvalue weighted by molar-refractivity contribution is 5.94. The molecule has 0 N–H and O–H groups in total. The Morgan fingerprint density at radius 3 is 2.75 bits per heavy atom. The van der Waals surface area contributed by atoms with Gasteiger partial charge < -0.3 is 4.90 Å². The van der Waals surface area contributed by atoms with Crippen LogP contribution in [0.4, 0.5) is 29.1 Å². The van der Waals surface area contributed by atoms with Crippen LogP contribution in [0.5, 0.6) is 0 Å². The van der Waals surface area contributed by atoms with Gasteiger partial charge in [-0.25, -0.2) is 22.5 Å². The Balaban J connectivity index is 1.75. The van der Waals surface area contributed by atoms with Crippen molar-refractivity contribution in [3.8, 4) is 11.8 Å². The first kappa shape index (κ1) is 20.2. The summed E-state index contributed by atoms with van der Waals surface area (Å²) in [6.45, 7) is 0.827. The van der Waals surface area contributed by atoms with Crippen LogP contribution in [0.2, 0.25) is 0 Å². The second-order valence-electron chi connectivity index (χ2n) is 7.52. The molecule has 1 saturated carbocycles. The Hall–Kier alpha value is -3.74. The van der Waals surface area contributed by atoms with E-state index in [-0.39, 0.29) is 28.2 Å². The highest BCUT2D eigenvalue weighted by Gasteiger charge is 2.25. The molecule has 3 aromatic heterocycles. The van der Waals surface area contributed by atoms with Gasteiger partial charge in [0.15, 0.2) is 11.6 Å². The van der Waals surface area contributed by atoms with E-state index < -0.39 is 24.6 Å². The van der Waals surface area contributed by atoms with Gasteiger partial charge in [-0.15, -0.1) is 10.2 Å². The molecule has 4 aromatic rings. The topological polar surface area (TPSA) is 59.2 Å². The standard InChI is InChI=1S/C22H16F4N6/c1-12-29-30-22-28-21(19-17(32(12)22)7-6-16(23)20(19)26)31(11-18(24)25)15-8-9-27-14(10-15)5-4-13-2-3-13/h6-10,13,18H,2-3,11H2,1H3. The Kier molecular flexibility index (Phi) is 4.89. The first-order chi connectivity index (χ1) is 15.4. The summed E-state index contributed by atoms with van der Waals surface area (Å²) in [5, 5.41) is 7.63. The number of rotatable bonds is 4. The molecule has 1 aromatic carbocycles. The molecule has 32 heavy (non-hydrogen) atoms. The molecule has 0 amide bonds. The first-order valence-corrected chi connectivity index (χ1v) is 9.95. The molecule has 0 atom stereocenters. The van der Waals surface area contributed by atoms with E-state index in [0.717, 1.165) is 23.8 Å². The van der Waals surface area contributed by atoms with E-state index in [1.807, 2.05) is 0 Å². The minimum Gasteiger partial charge on any atom is -0.320 e. The van der Waals surface area contributed by atoms with Gasteiger partial charge in [0.2, 0.25) is 0 Å². The first-order valence-electron chi connectivity index (χ1n) is 9.95. The van der Waals surface area contributed by atoms with Crippen molar-refractivity contribution >= 4 is 28.2 Å². The van der Waals surface area contributed by atoms with E-state index in [1.54, 1.807) is 6.92 Å². The Morgan fingerprint density at radius 1 is 1.19 bits per heavy atom. The number of aromatic nitrogens is 5. The quantitative estimate of drug-likeness (QED) is 0.347. The maximum absolute atomic E-state index is 15.0. The summed E-state index contributed by atoms with van der Waals surface area (Å²) in [6, 6.07) is 5.34. The zero-order chi connectivity index (χ0) is 22.4. The molecule has 1 fully saturated rings. The van der Waals surface area contributed by atoms with Crippen LogP contribution < -0.4 is 4.90 Å². The second kappa shape index (κ2) is 7.75. The smallest absolute Gasteiger partial charge is 0.257 e. The normalized spacial score (nSPS) is 13.6. The number of hydrogen-bond acceptors (Lipinski definition) is 5. The van der Waals surface area contributed by atoms with Gasteiger partial charge in [-0.2, -0.15) is 4.98 Å². The van der Waals surface area contributed by atoms with Crippen LogP contribution in [0.25, 0.3) is 16.7 Å². The van der Waals surface area contributed by atoms with Crippen LogP contribution in [0, 0.1) is 36.3 Å². The molecule has 0 saturated heterocycles. The van der Waals surface area contributed by atoms with Gasteiger partial charge in [0.1, 0.15) is 17.3 Å². The third-order valence-corrected chi connectivity index (χ3v) is 5.16. The van der Waals surface area contributed by atoms with E-state index >= 15 is 4.39 Å². The molecule has 0 aliphatic heterocycles. The Morgan fingerprint density at radius 2 is 2.00 bits per heavy atom. The fourth-order valence-electron chi connectivity index (χ4n) is 3.50. The van der Waals surface area contributed by atoms with Crippen molar-refractivity contribution in [2.24, 2.45) is 5.92 Å². The van der Waals surface area contributed by atoms with E-state index in [0.29, 0.717) is 17.4 Å². The third-order valence-electron chi connectivity index (χ3n) is 5.16. The number of benzene rings is 1. The van der Waals surface area contributed by atoms with Crippen molar-refractivity contribution < 1.29 is 17.6 Å². The maximum Gasteiger partial charge on any atom is 0.257 e. The molecule has 10 heteroatoms. The van der Waals surface area contributed by atoms with Crippen LogP contribution in [-0.4, -0.2) is 37.5 Å². The average molecular weight is 440 g/mol. The largest absolute Gasteiger partial charge is 0.320 e. The van der Waals surface area contributed by atoms with E-state index in [1.165, 1.54) is 28.8 Å². The van der Waals surface area contributed by atoms with Crippen molar-refractivity contribution in [1.82, 2.24) is 24.6 Å². The van der Waals surface area contributed by atoms with Gasteiger partial charge in [-0.3, -0.25) is 4.40 Å². The SMILES string of the molecule is Cc1nnc2nc(N(CC(F)F)c3ccnc(C#CC4CC4)c3)c3c(F)c(F)ccc3n12. The van der Waals surface area contributed by atoms with Gasteiger partial charge in [-0.1, -0.05) is 5.92 Å². The number of hydrogen-bond donors (Lipinski definition) is 0. The number of halogens is 4. The van der Waals surface area contributed by atoms with Crippen LogP contribution >= 0.6 is 0 Å². The lowest BCUT2D eigenvalue weighted by Crippen LogP contribution is -2.26. The van der Waals surface area contributed by atoms with Crippen LogP contribution in [0.1, 0.15) is 24.4 Å². The van der Waals surface area contributed by atoms with Gasteiger partial charge in [0.25, 0.3) is 12.2 Å². The summed E-state index contributed by atoms with van der Waals surface area (Å²) in [5.41, 5.74) is 0.885. The molecule has 1 aliphatic rings. The summed E-state index contributed by atoms with van der Waals surface area (Å²) in [5.74, 6) is 4.32. The van der Waals surface area contributed by atoms with E-state index in [4.69, 9.17) is 0 Å². The molecular formula is C22H16F4N6. The minimum atomic E-state index is -2.78. The molecular weight excluding hydrogens is 424 g/mol. The maximum atomic E-state index is 15.0. The number of fused-ring (bicyclic) bond motifs is 3. The molecule has 0 spiro atoms. The highest BCUT2D eigenvalue weighted by atomic mass is 19.3. The van der Waals surface area contributed by atoms with E-state index in [2.05, 4.69) is 32.0 Å². The van der Waals surface area contributed by atoms with Crippen molar-refractivity contribution in [2.45, 2.75) is 26.2 Å². The van der Waals surface area contributed by atoms with Crippen molar-refractivity contribution in [2.75, 3.05) is 11.4 Å². The molecule has 3 heterocycles. The molecule has 0 unspecified atom stereocenters. The number of alkyl halides is 2. The fraction of sp³-hybridized carbons (Fsp3) is 0.273. The number of aryl methyl sites for hydroxylation is 1. The van der Waals surface area contributed by atoms with Crippen LogP contribution in [0.3, 0.4) is 0 Å². The van der Waals surface area contributed by atoms with Gasteiger partial charge in [0.05, 0.1) is 17.4 Å². The van der Waals surface area contributed by atoms with Crippen molar-refractivity contribution in [1.29, 1.82) is 0 Å². The van der Waals surface area contributed by atoms with Crippen LogP contribution in [-0.2, 0) is 0 Å². The number of anilines is 2. The predicted molar refractivity (Wildman–Crippen MR) is 110 cm³/mol. The zero-order valence-corrected chi connectivity index (χ0v) is 16.9. The summed E-state index contributed by atoms with van der Waals surface area (Å²) < 4.78 is 57.9. The molecule has 1 aliphatic carbocycles. The van der Waals surface area contributed by atoms with Gasteiger partial charge in [0, 0.05) is 17.8 Å². The lowest BCUT2D eigenvalue weighted by molar-refractivity contribution is 0.158. The number of nitrogens with zero attached hydrogens (tertiary/aromatic N) is 6. The lowest BCUT2D eigenvalue weighted by Gasteiger charge is -2.25. The van der Waals surface area contributed by atoms with E-state index in [9.17, 15) is 13.2 Å². The monoisotopic (exact) mass is 440 g/mol. The summed E-state index contributed by atoms with van der Waals surface area (Å²) in [6.07, 6.45) is 0.711. The predicted octanol–water partition coefficient (Wildman–Crippen LogP) is 4.42. The van der Waals surface area contributed by atoms with Gasteiger partial charge >= 0.3 is 0 Å². The molecule has 162 valence electrons. The lowest BCUT2D eigenvalue weighted by atomic mass is 10.1. The molecule has 0 radical (unpaired) electrons. The summed E-state index contributed by atoms with van der Waals surface area (Å²) in [4.78, 5) is 9.59. The summed E-state index contributed by atoms with van der Waals surface area (Å²) >= 11 is 0. The molecule has 6 nitrogen and oxygen atoms in total. The van der Waals surface area contributed by atoms with Crippen LogP contribution in [0.15, 0.2) is 30.5 Å². The Labute approximate surface area is 179 Å².